The summed E-state index contributed by atoms with van der Waals surface area (Å²) in [5.41, 5.74) is 0.818. The summed E-state index contributed by atoms with van der Waals surface area (Å²) in [5.74, 6) is 4.72. The number of hydrazine groups is 1. The number of rotatable bonds is 3. The number of hydrogen-bond donors (Lipinski definition) is 2. The van der Waals surface area contributed by atoms with Crippen LogP contribution in [0.25, 0.3) is 0 Å². The largest absolute Gasteiger partial charge is 0.439 e. The molecule has 0 aliphatic carbocycles. The first-order valence-electron chi connectivity index (χ1n) is 5.25. The standard InChI is InChI=1S/C11H8BrF3N4O/c12-6-2-1-3-7(4-6)20-9-5-8(11(13,14)15)17-10(18-9)19-16/h1-5H,16H2,(H,17,18,19). The number of benzene rings is 1. The van der Waals surface area contributed by atoms with Crippen molar-refractivity contribution in [3.8, 4) is 11.6 Å². The number of hydrogen-bond acceptors (Lipinski definition) is 5. The van der Waals surface area contributed by atoms with E-state index in [-0.39, 0.29) is 11.8 Å². The minimum absolute atomic E-state index is 0.265. The Morgan fingerprint density at radius 3 is 2.55 bits per heavy atom. The van der Waals surface area contributed by atoms with Gasteiger partial charge >= 0.3 is 6.18 Å². The smallest absolute Gasteiger partial charge is 0.433 e. The van der Waals surface area contributed by atoms with Gasteiger partial charge in [0.2, 0.25) is 11.8 Å². The number of ether oxygens (including phenoxy) is 1. The normalized spacial score (nSPS) is 11.2. The molecule has 0 saturated carbocycles. The molecular weight excluding hydrogens is 341 g/mol. The van der Waals surface area contributed by atoms with Crippen molar-refractivity contribution in [2.45, 2.75) is 6.18 Å². The maximum absolute atomic E-state index is 12.7. The van der Waals surface area contributed by atoms with Crippen LogP contribution in [0.4, 0.5) is 19.1 Å². The molecule has 106 valence electrons. The summed E-state index contributed by atoms with van der Waals surface area (Å²) in [6.07, 6.45) is -4.62. The van der Waals surface area contributed by atoms with Crippen molar-refractivity contribution in [1.29, 1.82) is 0 Å². The van der Waals surface area contributed by atoms with Crippen LogP contribution in [0.1, 0.15) is 5.69 Å². The van der Waals surface area contributed by atoms with Crippen LogP contribution >= 0.6 is 15.9 Å². The Bertz CT molecular complexity index is 621. The molecule has 0 aliphatic heterocycles. The van der Waals surface area contributed by atoms with Crippen LogP contribution in [-0.4, -0.2) is 9.97 Å². The molecule has 0 atom stereocenters. The summed E-state index contributed by atoms with van der Waals surface area (Å²) in [6, 6.07) is 7.29. The Morgan fingerprint density at radius 1 is 1.20 bits per heavy atom. The first-order valence-corrected chi connectivity index (χ1v) is 6.04. The van der Waals surface area contributed by atoms with Gasteiger partial charge in [0, 0.05) is 10.5 Å². The van der Waals surface area contributed by atoms with E-state index in [4.69, 9.17) is 10.6 Å². The molecule has 0 unspecified atom stereocenters. The quantitative estimate of drug-likeness (QED) is 0.657. The number of nitrogens with two attached hydrogens (primary N) is 1. The zero-order valence-corrected chi connectivity index (χ0v) is 11.4. The van der Waals surface area contributed by atoms with Gasteiger partial charge in [-0.2, -0.15) is 18.2 Å². The van der Waals surface area contributed by atoms with Gasteiger partial charge in [-0.3, -0.25) is 5.43 Å². The van der Waals surface area contributed by atoms with Crippen LogP contribution in [-0.2, 0) is 6.18 Å². The highest BCUT2D eigenvalue weighted by Gasteiger charge is 2.34. The molecule has 0 radical (unpaired) electrons. The predicted molar refractivity (Wildman–Crippen MR) is 69.1 cm³/mol. The molecule has 9 heteroatoms. The van der Waals surface area contributed by atoms with E-state index in [1.54, 1.807) is 24.3 Å². The van der Waals surface area contributed by atoms with Crippen molar-refractivity contribution in [2.24, 2.45) is 5.84 Å². The molecule has 0 fully saturated rings. The van der Waals surface area contributed by atoms with Crippen LogP contribution in [0.3, 0.4) is 0 Å². The molecule has 1 heterocycles. The molecule has 0 spiro atoms. The highest BCUT2D eigenvalue weighted by molar-refractivity contribution is 9.10. The highest BCUT2D eigenvalue weighted by atomic mass is 79.9. The summed E-state index contributed by atoms with van der Waals surface area (Å²) in [7, 11) is 0. The van der Waals surface area contributed by atoms with E-state index in [0.717, 1.165) is 4.47 Å². The first kappa shape index (κ1) is 14.5. The molecule has 2 aromatic rings. The zero-order valence-electron chi connectivity index (χ0n) is 9.78. The molecule has 0 amide bonds. The van der Waals surface area contributed by atoms with Gasteiger partial charge in [0.15, 0.2) is 5.69 Å². The summed E-state index contributed by atoms with van der Waals surface area (Å²) in [5, 5.41) is 0. The lowest BCUT2D eigenvalue weighted by Crippen LogP contribution is -2.15. The monoisotopic (exact) mass is 348 g/mol. The summed E-state index contributed by atoms with van der Waals surface area (Å²) < 4.78 is 44.0. The van der Waals surface area contributed by atoms with Gasteiger partial charge in [-0.25, -0.2) is 10.8 Å². The van der Waals surface area contributed by atoms with E-state index in [1.807, 2.05) is 5.43 Å². The van der Waals surface area contributed by atoms with E-state index in [1.165, 1.54) is 0 Å². The molecular formula is C11H8BrF3N4O. The summed E-state index contributed by atoms with van der Waals surface area (Å²) >= 11 is 3.22. The van der Waals surface area contributed by atoms with Gasteiger partial charge in [0.05, 0.1) is 0 Å². The third kappa shape index (κ3) is 3.58. The number of nitrogen functional groups attached to an aromatic ring is 1. The van der Waals surface area contributed by atoms with Gasteiger partial charge < -0.3 is 4.74 Å². The van der Waals surface area contributed by atoms with Crippen molar-refractivity contribution < 1.29 is 17.9 Å². The third-order valence-corrected chi connectivity index (χ3v) is 2.63. The van der Waals surface area contributed by atoms with Crippen LogP contribution in [0.15, 0.2) is 34.8 Å². The second kappa shape index (κ2) is 5.63. The molecule has 5 nitrogen and oxygen atoms in total. The van der Waals surface area contributed by atoms with E-state index in [0.29, 0.717) is 11.8 Å². The number of anilines is 1. The average Bonchev–Trinajstić information content (AvgIpc) is 2.37. The van der Waals surface area contributed by atoms with Gasteiger partial charge in [-0.15, -0.1) is 0 Å². The number of alkyl halides is 3. The van der Waals surface area contributed by atoms with Crippen molar-refractivity contribution in [3.63, 3.8) is 0 Å². The van der Waals surface area contributed by atoms with Crippen molar-refractivity contribution in [3.05, 3.63) is 40.5 Å². The van der Waals surface area contributed by atoms with Crippen LogP contribution in [0.5, 0.6) is 11.6 Å². The topological polar surface area (TPSA) is 73.1 Å². The second-order valence-corrected chi connectivity index (χ2v) is 4.53. The number of nitrogens with one attached hydrogen (secondary N) is 1. The molecule has 3 N–H and O–H groups in total. The van der Waals surface area contributed by atoms with Crippen molar-refractivity contribution >= 4 is 21.9 Å². The fourth-order valence-corrected chi connectivity index (χ4v) is 1.72. The lowest BCUT2D eigenvalue weighted by Gasteiger charge is -2.10. The molecule has 1 aromatic heterocycles. The van der Waals surface area contributed by atoms with Crippen molar-refractivity contribution in [2.75, 3.05) is 5.43 Å². The zero-order chi connectivity index (χ0) is 14.8. The van der Waals surface area contributed by atoms with Gasteiger partial charge in [0.25, 0.3) is 0 Å². The minimum Gasteiger partial charge on any atom is -0.439 e. The van der Waals surface area contributed by atoms with Gasteiger partial charge in [-0.1, -0.05) is 22.0 Å². The molecule has 20 heavy (non-hydrogen) atoms. The Balaban J connectivity index is 2.36. The maximum Gasteiger partial charge on any atom is 0.433 e. The predicted octanol–water partition coefficient (Wildman–Crippen LogP) is 3.34. The Kier molecular flexibility index (Phi) is 4.09. The van der Waals surface area contributed by atoms with E-state index in [9.17, 15) is 13.2 Å². The molecule has 0 aliphatic rings. The summed E-state index contributed by atoms with van der Waals surface area (Å²) in [6.45, 7) is 0. The lowest BCUT2D eigenvalue weighted by molar-refractivity contribution is -0.141. The second-order valence-electron chi connectivity index (χ2n) is 3.62. The molecule has 0 saturated heterocycles. The first-order chi connectivity index (χ1) is 9.38. The molecule has 1 aromatic carbocycles. The number of halogens is 4. The van der Waals surface area contributed by atoms with Crippen LogP contribution in [0.2, 0.25) is 0 Å². The molecule has 2 rings (SSSR count). The number of nitrogens with zero attached hydrogens (tertiary/aromatic N) is 2. The fraction of sp³-hybridized carbons (Fsp3) is 0.0909. The number of aromatic nitrogens is 2. The Labute approximate surface area is 120 Å². The maximum atomic E-state index is 12.7. The Morgan fingerprint density at radius 2 is 1.95 bits per heavy atom. The van der Waals surface area contributed by atoms with Crippen LogP contribution < -0.4 is 16.0 Å². The lowest BCUT2D eigenvalue weighted by atomic mass is 10.3. The van der Waals surface area contributed by atoms with Gasteiger partial charge in [-0.05, 0) is 18.2 Å². The SMILES string of the molecule is NNc1nc(Oc2cccc(Br)c2)cc(C(F)(F)F)n1. The minimum atomic E-state index is -4.62. The van der Waals surface area contributed by atoms with E-state index in [2.05, 4.69) is 25.9 Å². The van der Waals surface area contributed by atoms with E-state index < -0.39 is 11.9 Å². The Hall–Kier alpha value is -1.87. The average molecular weight is 349 g/mol. The fourth-order valence-electron chi connectivity index (χ4n) is 1.34. The van der Waals surface area contributed by atoms with Crippen LogP contribution in [0, 0.1) is 0 Å². The highest BCUT2D eigenvalue weighted by Crippen LogP contribution is 2.31. The van der Waals surface area contributed by atoms with E-state index >= 15 is 0 Å². The van der Waals surface area contributed by atoms with Crippen molar-refractivity contribution in [1.82, 2.24) is 9.97 Å². The third-order valence-electron chi connectivity index (χ3n) is 2.14. The van der Waals surface area contributed by atoms with Gasteiger partial charge in [0.1, 0.15) is 5.75 Å². The summed E-state index contributed by atoms with van der Waals surface area (Å²) in [4.78, 5) is 6.93. The molecule has 0 bridgehead atoms.